The minimum absolute atomic E-state index is 0.222. The molecule has 0 spiro atoms. The number of halogens is 2. The molecule has 8 heteroatoms. The van der Waals surface area contributed by atoms with Gasteiger partial charge in [-0.05, 0) is 13.0 Å². The Bertz CT molecular complexity index is 491. The number of rotatable bonds is 4. The van der Waals surface area contributed by atoms with Crippen molar-refractivity contribution in [1.29, 1.82) is 0 Å². The molecule has 98 valence electrons. The molecule has 0 heterocycles. The number of carbonyl (C=O) groups is 1. The molecule has 0 aliphatic heterocycles. The number of nitrogens with zero attached hydrogens (tertiary/aromatic N) is 1. The minimum atomic E-state index is -1.54. The Balaban J connectivity index is 3.11. The number of hydrogen-bond acceptors (Lipinski definition) is 4. The number of carbonyl (C=O) groups excluding carboxylic acids is 1. The molecule has 0 fully saturated rings. The molecular weight excluding hydrogens is 250 g/mol. The van der Waals surface area contributed by atoms with Crippen molar-refractivity contribution in [3.05, 3.63) is 39.4 Å². The number of nitro benzene ring substituents is 1. The van der Waals surface area contributed by atoms with Gasteiger partial charge in [-0.15, -0.1) is 0 Å². The van der Waals surface area contributed by atoms with Crippen molar-refractivity contribution in [3.63, 3.8) is 0 Å². The van der Waals surface area contributed by atoms with Gasteiger partial charge in [0.05, 0.1) is 11.0 Å². The molecule has 1 aromatic rings. The predicted octanol–water partition coefficient (Wildman–Crippen LogP) is 0.984. The molecule has 0 aliphatic rings. The molecule has 0 bridgehead atoms. The summed E-state index contributed by atoms with van der Waals surface area (Å²) in [6, 6.07) is 1.27. The number of hydrogen-bond donors (Lipinski definition) is 2. The Labute approximate surface area is 100 Å². The number of nitrogens with one attached hydrogen (secondary N) is 1. The second-order valence-corrected chi connectivity index (χ2v) is 3.57. The fourth-order valence-electron chi connectivity index (χ4n) is 1.22. The summed E-state index contributed by atoms with van der Waals surface area (Å²) in [6.45, 7) is 1.14. The maximum Gasteiger partial charge on any atom is 0.305 e. The number of aliphatic hydroxyl groups is 1. The van der Waals surface area contributed by atoms with E-state index in [4.69, 9.17) is 5.11 Å². The molecule has 0 saturated carbocycles. The molecule has 2 N–H and O–H groups in total. The average Bonchev–Trinajstić information content (AvgIpc) is 2.25. The van der Waals surface area contributed by atoms with Crippen LogP contribution in [0.1, 0.15) is 17.3 Å². The predicted molar refractivity (Wildman–Crippen MR) is 57.0 cm³/mol. The van der Waals surface area contributed by atoms with Gasteiger partial charge in [0, 0.05) is 12.6 Å². The highest BCUT2D eigenvalue weighted by Gasteiger charge is 2.26. The van der Waals surface area contributed by atoms with Crippen molar-refractivity contribution in [2.24, 2.45) is 0 Å². The van der Waals surface area contributed by atoms with E-state index >= 15 is 0 Å². The van der Waals surface area contributed by atoms with Gasteiger partial charge in [-0.25, -0.2) is 4.39 Å². The lowest BCUT2D eigenvalue weighted by molar-refractivity contribution is -0.387. The number of nitro groups is 1. The number of amides is 1. The monoisotopic (exact) mass is 260 g/mol. The summed E-state index contributed by atoms with van der Waals surface area (Å²) < 4.78 is 26.8. The smallest absolute Gasteiger partial charge is 0.305 e. The van der Waals surface area contributed by atoms with Crippen LogP contribution in [0.5, 0.6) is 0 Å². The first-order valence-electron chi connectivity index (χ1n) is 4.93. The van der Waals surface area contributed by atoms with Crippen LogP contribution in [-0.4, -0.2) is 28.6 Å². The van der Waals surface area contributed by atoms with E-state index in [-0.39, 0.29) is 6.54 Å². The summed E-state index contributed by atoms with van der Waals surface area (Å²) in [4.78, 5) is 20.8. The largest absolute Gasteiger partial charge is 0.392 e. The van der Waals surface area contributed by atoms with Gasteiger partial charge in [0.2, 0.25) is 5.82 Å². The summed E-state index contributed by atoms with van der Waals surface area (Å²) in [5, 5.41) is 21.4. The third kappa shape index (κ3) is 2.98. The third-order valence-corrected chi connectivity index (χ3v) is 2.05. The summed E-state index contributed by atoms with van der Waals surface area (Å²) in [5.41, 5.74) is -2.02. The van der Waals surface area contributed by atoms with E-state index < -0.39 is 39.8 Å². The minimum Gasteiger partial charge on any atom is -0.392 e. The van der Waals surface area contributed by atoms with E-state index in [9.17, 15) is 23.7 Å². The van der Waals surface area contributed by atoms with E-state index in [0.29, 0.717) is 12.1 Å². The van der Waals surface area contributed by atoms with Crippen LogP contribution in [0.3, 0.4) is 0 Å². The molecule has 1 amide bonds. The highest BCUT2D eigenvalue weighted by atomic mass is 19.1. The van der Waals surface area contributed by atoms with Crippen LogP contribution < -0.4 is 5.32 Å². The van der Waals surface area contributed by atoms with Crippen molar-refractivity contribution in [3.8, 4) is 0 Å². The highest BCUT2D eigenvalue weighted by Crippen LogP contribution is 2.22. The van der Waals surface area contributed by atoms with E-state index in [1.165, 1.54) is 6.92 Å². The van der Waals surface area contributed by atoms with Crippen LogP contribution in [0.15, 0.2) is 12.1 Å². The van der Waals surface area contributed by atoms with Gasteiger partial charge in [0.15, 0.2) is 0 Å². The van der Waals surface area contributed by atoms with Crippen LogP contribution in [0, 0.1) is 21.7 Å². The first-order chi connectivity index (χ1) is 8.34. The average molecular weight is 260 g/mol. The summed E-state index contributed by atoms with van der Waals surface area (Å²) in [6.07, 6.45) is -0.904. The lowest BCUT2D eigenvalue weighted by Crippen LogP contribution is -2.32. The molecule has 6 nitrogen and oxygen atoms in total. The van der Waals surface area contributed by atoms with Crippen molar-refractivity contribution >= 4 is 11.6 Å². The van der Waals surface area contributed by atoms with Crippen molar-refractivity contribution < 1.29 is 23.6 Å². The van der Waals surface area contributed by atoms with Gasteiger partial charge in [-0.3, -0.25) is 14.9 Å². The van der Waals surface area contributed by atoms with Gasteiger partial charge < -0.3 is 10.4 Å². The SMILES string of the molecule is CC(O)CNC(=O)c1c(F)ccc([N+](=O)[O-])c1F. The normalized spacial score (nSPS) is 12.0. The second kappa shape index (κ2) is 5.50. The zero-order chi connectivity index (χ0) is 13.9. The first kappa shape index (κ1) is 14.0. The zero-order valence-electron chi connectivity index (χ0n) is 9.31. The molecule has 0 saturated heterocycles. The van der Waals surface area contributed by atoms with Crippen molar-refractivity contribution in [1.82, 2.24) is 5.32 Å². The summed E-state index contributed by atoms with van der Waals surface area (Å²) >= 11 is 0. The molecule has 0 radical (unpaired) electrons. The molecule has 18 heavy (non-hydrogen) atoms. The van der Waals surface area contributed by atoms with E-state index in [0.717, 1.165) is 0 Å². The van der Waals surface area contributed by atoms with Crippen LogP contribution in [0.2, 0.25) is 0 Å². The molecular formula is C10H10F2N2O4. The fourth-order valence-corrected chi connectivity index (χ4v) is 1.22. The number of aliphatic hydroxyl groups excluding tert-OH is 1. The van der Waals surface area contributed by atoms with Gasteiger partial charge in [0.1, 0.15) is 11.4 Å². The van der Waals surface area contributed by atoms with Gasteiger partial charge >= 0.3 is 5.69 Å². The zero-order valence-corrected chi connectivity index (χ0v) is 9.31. The van der Waals surface area contributed by atoms with Crippen LogP contribution >= 0.6 is 0 Å². The van der Waals surface area contributed by atoms with E-state index in [1.54, 1.807) is 0 Å². The molecule has 1 unspecified atom stereocenters. The Kier molecular flexibility index (Phi) is 4.27. The Morgan fingerprint density at radius 3 is 2.67 bits per heavy atom. The van der Waals surface area contributed by atoms with Gasteiger partial charge in [-0.1, -0.05) is 0 Å². The first-order valence-corrected chi connectivity index (χ1v) is 4.93. The highest BCUT2D eigenvalue weighted by molar-refractivity contribution is 5.95. The van der Waals surface area contributed by atoms with E-state index in [1.807, 2.05) is 0 Å². The van der Waals surface area contributed by atoms with Gasteiger partial charge in [0.25, 0.3) is 5.91 Å². The van der Waals surface area contributed by atoms with Crippen molar-refractivity contribution in [2.45, 2.75) is 13.0 Å². The Hall–Kier alpha value is -2.09. The lowest BCUT2D eigenvalue weighted by Gasteiger charge is -2.08. The Morgan fingerprint density at radius 1 is 1.56 bits per heavy atom. The van der Waals surface area contributed by atoms with Crippen molar-refractivity contribution in [2.75, 3.05) is 6.54 Å². The summed E-state index contributed by atoms with van der Waals surface area (Å²) in [7, 11) is 0. The molecule has 1 aromatic carbocycles. The molecule has 1 rings (SSSR count). The van der Waals surface area contributed by atoms with Crippen LogP contribution in [0.25, 0.3) is 0 Å². The summed E-state index contributed by atoms with van der Waals surface area (Å²) in [5.74, 6) is -3.90. The van der Waals surface area contributed by atoms with Gasteiger partial charge in [-0.2, -0.15) is 4.39 Å². The number of benzene rings is 1. The Morgan fingerprint density at radius 2 is 2.17 bits per heavy atom. The molecule has 0 aliphatic carbocycles. The maximum atomic E-state index is 13.6. The van der Waals surface area contributed by atoms with Crippen LogP contribution in [0.4, 0.5) is 14.5 Å². The lowest BCUT2D eigenvalue weighted by atomic mass is 10.1. The van der Waals surface area contributed by atoms with E-state index in [2.05, 4.69) is 5.32 Å². The third-order valence-electron chi connectivity index (χ3n) is 2.05. The molecule has 1 atom stereocenters. The topological polar surface area (TPSA) is 92.5 Å². The maximum absolute atomic E-state index is 13.6. The second-order valence-electron chi connectivity index (χ2n) is 3.57. The fraction of sp³-hybridized carbons (Fsp3) is 0.300. The quantitative estimate of drug-likeness (QED) is 0.623. The molecule has 0 aromatic heterocycles. The standard InChI is InChI=1S/C10H10F2N2O4/c1-5(15)4-13-10(16)8-6(11)2-3-7(9(8)12)14(17)18/h2-3,5,15H,4H2,1H3,(H,13,16). The van der Waals surface area contributed by atoms with Crippen LogP contribution in [-0.2, 0) is 0 Å².